The van der Waals surface area contributed by atoms with Crippen LogP contribution in [-0.2, 0) is 12.8 Å². The number of hydrogen-bond donors (Lipinski definition) is 2. The number of hydrogen-bond acceptors (Lipinski definition) is 5. The molecule has 4 nitrogen and oxygen atoms in total. The smallest absolute Gasteiger partial charge is 0.138 e. The molecular formula is C23H24N4S. The molecule has 2 aromatic carbocycles. The molecule has 1 atom stereocenters. The van der Waals surface area contributed by atoms with Crippen molar-refractivity contribution in [1.82, 2.24) is 9.97 Å². The van der Waals surface area contributed by atoms with Crippen LogP contribution in [0.2, 0.25) is 0 Å². The van der Waals surface area contributed by atoms with Gasteiger partial charge >= 0.3 is 0 Å². The molecule has 2 aromatic heterocycles. The standard InChI is InChI=1S/C23H24N4S/c1-15-9-10-18-20(13-15)28-23-21(18)22(26-14-27-23)25-12-11-24-19-8-4-6-16-5-2-3-7-17(16)19/h2-8,14-15,24H,9-13H2,1H3,(H,25,26,27). The quantitative estimate of drug-likeness (QED) is 0.444. The fourth-order valence-electron chi connectivity index (χ4n) is 4.17. The van der Waals surface area contributed by atoms with Crippen molar-refractivity contribution in [2.75, 3.05) is 23.7 Å². The highest BCUT2D eigenvalue weighted by atomic mass is 32.1. The van der Waals surface area contributed by atoms with Crippen LogP contribution in [0.1, 0.15) is 23.8 Å². The van der Waals surface area contributed by atoms with E-state index in [1.165, 1.54) is 45.1 Å². The number of fused-ring (bicyclic) bond motifs is 4. The first-order valence-corrected chi connectivity index (χ1v) is 10.8. The average molecular weight is 389 g/mol. The predicted molar refractivity (Wildman–Crippen MR) is 120 cm³/mol. The highest BCUT2D eigenvalue weighted by Gasteiger charge is 2.22. The molecule has 4 aromatic rings. The van der Waals surface area contributed by atoms with E-state index in [1.807, 2.05) is 11.3 Å². The number of rotatable bonds is 5. The van der Waals surface area contributed by atoms with Gasteiger partial charge in [0, 0.05) is 29.0 Å². The number of aryl methyl sites for hydroxylation is 1. The minimum atomic E-state index is 0.773. The molecule has 142 valence electrons. The Balaban J connectivity index is 1.31. The Labute approximate surface area is 169 Å². The van der Waals surface area contributed by atoms with E-state index in [4.69, 9.17) is 0 Å². The first-order valence-electron chi connectivity index (χ1n) is 10.0. The highest BCUT2D eigenvalue weighted by Crippen LogP contribution is 2.39. The van der Waals surface area contributed by atoms with Gasteiger partial charge in [0.25, 0.3) is 0 Å². The summed E-state index contributed by atoms with van der Waals surface area (Å²) in [6.07, 6.45) is 5.27. The molecule has 0 aliphatic heterocycles. The van der Waals surface area contributed by atoms with Gasteiger partial charge in [-0.2, -0.15) is 0 Å². The fourth-order valence-corrected chi connectivity index (χ4v) is 5.52. The summed E-state index contributed by atoms with van der Waals surface area (Å²) in [7, 11) is 0. The molecule has 5 heteroatoms. The maximum absolute atomic E-state index is 4.56. The maximum atomic E-state index is 4.56. The molecule has 0 saturated carbocycles. The molecule has 0 amide bonds. The van der Waals surface area contributed by atoms with E-state index < -0.39 is 0 Å². The monoisotopic (exact) mass is 388 g/mol. The first kappa shape index (κ1) is 17.4. The van der Waals surface area contributed by atoms with Gasteiger partial charge < -0.3 is 10.6 Å². The molecule has 5 rings (SSSR count). The summed E-state index contributed by atoms with van der Waals surface area (Å²) < 4.78 is 0. The Morgan fingerprint density at radius 1 is 1.04 bits per heavy atom. The lowest BCUT2D eigenvalue weighted by Gasteiger charge is -2.18. The molecule has 1 unspecified atom stereocenters. The van der Waals surface area contributed by atoms with Crippen LogP contribution in [-0.4, -0.2) is 23.1 Å². The van der Waals surface area contributed by atoms with Crippen LogP contribution in [0.3, 0.4) is 0 Å². The van der Waals surface area contributed by atoms with Crippen molar-refractivity contribution in [1.29, 1.82) is 0 Å². The van der Waals surface area contributed by atoms with E-state index in [0.29, 0.717) is 0 Å². The van der Waals surface area contributed by atoms with Crippen LogP contribution < -0.4 is 10.6 Å². The summed E-state index contributed by atoms with van der Waals surface area (Å²) in [5.41, 5.74) is 2.65. The molecule has 1 aliphatic carbocycles. The molecule has 2 N–H and O–H groups in total. The normalized spacial score (nSPS) is 16.2. The third-order valence-electron chi connectivity index (χ3n) is 5.61. The minimum absolute atomic E-state index is 0.773. The maximum Gasteiger partial charge on any atom is 0.138 e. The van der Waals surface area contributed by atoms with E-state index >= 15 is 0 Å². The summed E-state index contributed by atoms with van der Waals surface area (Å²) in [5.74, 6) is 1.76. The summed E-state index contributed by atoms with van der Waals surface area (Å²) in [5, 5.41) is 10.9. The van der Waals surface area contributed by atoms with Crippen LogP contribution in [0.4, 0.5) is 11.5 Å². The van der Waals surface area contributed by atoms with Gasteiger partial charge in [0.2, 0.25) is 0 Å². The van der Waals surface area contributed by atoms with Crippen LogP contribution in [0.5, 0.6) is 0 Å². The number of nitrogens with one attached hydrogen (secondary N) is 2. The van der Waals surface area contributed by atoms with Crippen molar-refractivity contribution in [2.24, 2.45) is 5.92 Å². The van der Waals surface area contributed by atoms with Crippen molar-refractivity contribution in [3.05, 3.63) is 59.2 Å². The molecule has 0 bridgehead atoms. The Morgan fingerprint density at radius 3 is 2.86 bits per heavy atom. The summed E-state index contributed by atoms with van der Waals surface area (Å²) in [4.78, 5) is 11.7. The largest absolute Gasteiger partial charge is 0.383 e. The minimum Gasteiger partial charge on any atom is -0.383 e. The van der Waals surface area contributed by atoms with Crippen molar-refractivity contribution < 1.29 is 0 Å². The van der Waals surface area contributed by atoms with Crippen molar-refractivity contribution >= 4 is 43.8 Å². The van der Waals surface area contributed by atoms with E-state index in [2.05, 4.69) is 70.0 Å². The summed E-state index contributed by atoms with van der Waals surface area (Å²) in [6, 6.07) is 14.9. The Bertz CT molecular complexity index is 1130. The number of nitrogens with zero attached hydrogens (tertiary/aromatic N) is 2. The van der Waals surface area contributed by atoms with Crippen LogP contribution in [0.25, 0.3) is 21.0 Å². The lowest BCUT2D eigenvalue weighted by atomic mass is 9.89. The molecule has 2 heterocycles. The van der Waals surface area contributed by atoms with Gasteiger partial charge in [0.15, 0.2) is 0 Å². The molecule has 0 radical (unpaired) electrons. The zero-order valence-electron chi connectivity index (χ0n) is 16.0. The number of thiophene rings is 1. The zero-order chi connectivity index (χ0) is 18.9. The van der Waals surface area contributed by atoms with Crippen LogP contribution in [0.15, 0.2) is 48.8 Å². The predicted octanol–water partition coefficient (Wildman–Crippen LogP) is 5.49. The summed E-state index contributed by atoms with van der Waals surface area (Å²) in [6.45, 7) is 4.00. The lowest BCUT2D eigenvalue weighted by molar-refractivity contribution is 0.509. The van der Waals surface area contributed by atoms with Gasteiger partial charge in [-0.25, -0.2) is 9.97 Å². The number of benzene rings is 2. The lowest BCUT2D eigenvalue weighted by Crippen LogP contribution is -2.15. The molecular weight excluding hydrogens is 364 g/mol. The summed E-state index contributed by atoms with van der Waals surface area (Å²) >= 11 is 1.85. The second-order valence-corrected chi connectivity index (χ2v) is 8.72. The Kier molecular flexibility index (Phi) is 4.61. The zero-order valence-corrected chi connectivity index (χ0v) is 16.9. The van der Waals surface area contributed by atoms with Crippen molar-refractivity contribution in [3.63, 3.8) is 0 Å². The third-order valence-corrected chi connectivity index (χ3v) is 6.78. The SMILES string of the molecule is CC1CCc2c(sc3ncnc(NCCNc4cccc5ccccc45)c23)C1. The third kappa shape index (κ3) is 3.20. The fraction of sp³-hybridized carbons (Fsp3) is 0.304. The molecule has 0 fully saturated rings. The molecule has 0 spiro atoms. The first-order chi connectivity index (χ1) is 13.8. The van der Waals surface area contributed by atoms with Crippen molar-refractivity contribution in [2.45, 2.75) is 26.2 Å². The van der Waals surface area contributed by atoms with E-state index in [-0.39, 0.29) is 0 Å². The Morgan fingerprint density at radius 2 is 1.89 bits per heavy atom. The van der Waals surface area contributed by atoms with Gasteiger partial charge in [-0.3, -0.25) is 0 Å². The highest BCUT2D eigenvalue weighted by molar-refractivity contribution is 7.19. The second-order valence-electron chi connectivity index (χ2n) is 7.63. The molecule has 0 saturated heterocycles. The molecule has 28 heavy (non-hydrogen) atoms. The van der Waals surface area contributed by atoms with Gasteiger partial charge in [0.05, 0.1) is 5.39 Å². The van der Waals surface area contributed by atoms with Gasteiger partial charge in [-0.1, -0.05) is 43.3 Å². The number of aromatic nitrogens is 2. The van der Waals surface area contributed by atoms with Gasteiger partial charge in [0.1, 0.15) is 17.0 Å². The van der Waals surface area contributed by atoms with Crippen LogP contribution >= 0.6 is 11.3 Å². The molecule has 1 aliphatic rings. The average Bonchev–Trinajstić information content (AvgIpc) is 3.09. The second kappa shape index (κ2) is 7.40. The van der Waals surface area contributed by atoms with E-state index in [1.54, 1.807) is 6.33 Å². The van der Waals surface area contributed by atoms with Crippen LogP contribution in [0, 0.1) is 5.92 Å². The van der Waals surface area contributed by atoms with E-state index in [9.17, 15) is 0 Å². The Hall–Kier alpha value is -2.66. The van der Waals surface area contributed by atoms with Crippen molar-refractivity contribution in [3.8, 4) is 0 Å². The van der Waals surface area contributed by atoms with E-state index in [0.717, 1.165) is 36.1 Å². The number of anilines is 2. The van der Waals surface area contributed by atoms with Gasteiger partial charge in [-0.05, 0) is 42.2 Å². The van der Waals surface area contributed by atoms with Gasteiger partial charge in [-0.15, -0.1) is 11.3 Å². The topological polar surface area (TPSA) is 49.8 Å².